The number of nitrogens with zero attached hydrogens (tertiary/aromatic N) is 5. The van der Waals surface area contributed by atoms with Crippen LogP contribution in [0.1, 0.15) is 34.9 Å². The third-order valence-corrected chi connectivity index (χ3v) is 5.39. The lowest BCUT2D eigenvalue weighted by Crippen LogP contribution is -2.48. The van der Waals surface area contributed by atoms with Crippen LogP contribution in [0.5, 0.6) is 5.75 Å². The van der Waals surface area contributed by atoms with Gasteiger partial charge in [0.2, 0.25) is 0 Å². The van der Waals surface area contributed by atoms with Gasteiger partial charge in [-0.05, 0) is 43.6 Å². The summed E-state index contributed by atoms with van der Waals surface area (Å²) in [4.78, 5) is 16.9. The molecule has 0 bridgehead atoms. The van der Waals surface area contributed by atoms with Crippen molar-refractivity contribution in [2.24, 2.45) is 0 Å². The quantitative estimate of drug-likeness (QED) is 0.749. The first-order valence-electron chi connectivity index (χ1n) is 9.61. The highest BCUT2D eigenvalue weighted by atomic mass is 35.5. The average molecular weight is 443 g/mol. The number of rotatable bonds is 4. The summed E-state index contributed by atoms with van der Waals surface area (Å²) in [7, 11) is 0. The van der Waals surface area contributed by atoms with Crippen LogP contribution in [0.2, 0.25) is 0 Å². The molecule has 10 heteroatoms. The van der Waals surface area contributed by atoms with E-state index in [0.717, 1.165) is 51.1 Å². The molecule has 0 saturated carbocycles. The van der Waals surface area contributed by atoms with Gasteiger partial charge >= 0.3 is 0 Å². The number of carbonyl (C=O) groups excluding carboxylic acids is 1. The molecule has 2 N–H and O–H groups in total. The van der Waals surface area contributed by atoms with Crippen LogP contribution in [0.3, 0.4) is 0 Å². The molecule has 0 aliphatic carbocycles. The first kappa shape index (κ1) is 23.4. The summed E-state index contributed by atoms with van der Waals surface area (Å²) in [5, 5.41) is 21.2. The first-order valence-corrected chi connectivity index (χ1v) is 9.61. The van der Waals surface area contributed by atoms with E-state index in [9.17, 15) is 9.90 Å². The largest absolute Gasteiger partial charge is 0.508 e. The van der Waals surface area contributed by atoms with Crippen molar-refractivity contribution in [1.29, 1.82) is 0 Å². The molecule has 0 atom stereocenters. The number of aromatic hydroxyl groups is 1. The molecule has 29 heavy (non-hydrogen) atoms. The lowest BCUT2D eigenvalue weighted by atomic mass is 10.1. The maximum atomic E-state index is 12.8. The molecule has 1 amide bonds. The predicted molar refractivity (Wildman–Crippen MR) is 115 cm³/mol. The zero-order valence-corrected chi connectivity index (χ0v) is 17.9. The van der Waals surface area contributed by atoms with Crippen LogP contribution < -0.4 is 5.32 Å². The Morgan fingerprint density at radius 3 is 2.55 bits per heavy atom. The zero-order chi connectivity index (χ0) is 18.6. The van der Waals surface area contributed by atoms with Gasteiger partial charge in [0, 0.05) is 32.7 Å². The number of carbonyl (C=O) groups is 1. The highest BCUT2D eigenvalue weighted by Gasteiger charge is 2.25. The van der Waals surface area contributed by atoms with Crippen molar-refractivity contribution in [3.8, 4) is 5.75 Å². The van der Waals surface area contributed by atoms with Gasteiger partial charge in [0.25, 0.3) is 5.91 Å². The van der Waals surface area contributed by atoms with E-state index < -0.39 is 0 Å². The third kappa shape index (κ3) is 5.82. The van der Waals surface area contributed by atoms with Crippen LogP contribution in [0.4, 0.5) is 0 Å². The van der Waals surface area contributed by atoms with E-state index in [1.165, 1.54) is 0 Å². The molecule has 1 aromatic carbocycles. The van der Waals surface area contributed by atoms with Gasteiger partial charge in [-0.15, -0.1) is 29.9 Å². The van der Waals surface area contributed by atoms with E-state index in [4.69, 9.17) is 0 Å². The molecule has 1 aromatic heterocycles. The van der Waals surface area contributed by atoms with E-state index >= 15 is 0 Å². The highest BCUT2D eigenvalue weighted by molar-refractivity contribution is 5.92. The Bertz CT molecular complexity index is 789. The summed E-state index contributed by atoms with van der Waals surface area (Å²) in [6, 6.07) is 7.67. The molecule has 2 saturated heterocycles. The van der Waals surface area contributed by atoms with Crippen LogP contribution in [-0.4, -0.2) is 75.1 Å². The number of halogens is 2. The molecule has 4 rings (SSSR count). The van der Waals surface area contributed by atoms with Gasteiger partial charge in [0.1, 0.15) is 5.75 Å². The first-order chi connectivity index (χ1) is 13.2. The molecule has 0 unspecified atom stereocenters. The van der Waals surface area contributed by atoms with Crippen LogP contribution >= 0.6 is 24.8 Å². The van der Waals surface area contributed by atoms with Crippen LogP contribution in [0, 0.1) is 0 Å². The fraction of sp³-hybridized carbons (Fsp3) is 0.526. The Balaban J connectivity index is 0.00000150. The molecular formula is C19H28Cl2N6O2. The fourth-order valence-electron chi connectivity index (χ4n) is 3.81. The molecule has 3 heterocycles. The molecule has 2 aliphatic rings. The number of hydrogen-bond acceptors (Lipinski definition) is 6. The fourth-order valence-corrected chi connectivity index (χ4v) is 3.81. The van der Waals surface area contributed by atoms with Crippen molar-refractivity contribution < 1.29 is 9.90 Å². The van der Waals surface area contributed by atoms with Crippen LogP contribution in [-0.2, 0) is 6.54 Å². The number of piperazine rings is 1. The maximum Gasteiger partial charge on any atom is 0.276 e. The molecule has 0 radical (unpaired) electrons. The summed E-state index contributed by atoms with van der Waals surface area (Å²) in [5.74, 6) is 0.255. The Labute approximate surface area is 183 Å². The topological polar surface area (TPSA) is 86.5 Å². The summed E-state index contributed by atoms with van der Waals surface area (Å²) in [6.45, 7) is 5.72. The van der Waals surface area contributed by atoms with Crippen molar-refractivity contribution in [3.63, 3.8) is 0 Å². The van der Waals surface area contributed by atoms with Crippen LogP contribution in [0.15, 0.2) is 30.5 Å². The van der Waals surface area contributed by atoms with Crippen molar-refractivity contribution in [2.75, 3.05) is 39.3 Å². The van der Waals surface area contributed by atoms with Crippen molar-refractivity contribution >= 4 is 30.7 Å². The lowest BCUT2D eigenvalue weighted by molar-refractivity contribution is 0.0622. The van der Waals surface area contributed by atoms with E-state index in [1.807, 2.05) is 21.7 Å². The van der Waals surface area contributed by atoms with Gasteiger partial charge in [-0.2, -0.15) is 0 Å². The minimum absolute atomic E-state index is 0. The molecule has 2 aromatic rings. The summed E-state index contributed by atoms with van der Waals surface area (Å²) >= 11 is 0. The van der Waals surface area contributed by atoms with E-state index in [0.29, 0.717) is 24.8 Å². The number of phenols is 1. The second-order valence-corrected chi connectivity index (χ2v) is 7.30. The molecule has 160 valence electrons. The normalized spacial score (nSPS) is 18.0. The van der Waals surface area contributed by atoms with Crippen molar-refractivity contribution in [1.82, 2.24) is 30.1 Å². The maximum absolute atomic E-state index is 12.8. The van der Waals surface area contributed by atoms with Crippen molar-refractivity contribution in [3.05, 3.63) is 41.7 Å². The Kier molecular flexibility index (Phi) is 8.70. The lowest BCUT2D eigenvalue weighted by Gasteiger charge is -2.34. The highest BCUT2D eigenvalue weighted by Crippen LogP contribution is 2.18. The SMILES string of the molecule is Cl.Cl.O=C(c1cn(C2CCNCC2)nn1)N1CCN(Cc2cccc(O)c2)CC1. The number of benzene rings is 1. The van der Waals surface area contributed by atoms with Gasteiger partial charge in [0.15, 0.2) is 5.69 Å². The Hall–Kier alpha value is -1.87. The van der Waals surface area contributed by atoms with Gasteiger partial charge in [-0.1, -0.05) is 17.3 Å². The number of aromatic nitrogens is 3. The number of piperidine rings is 1. The number of phenolic OH excluding ortho intramolecular Hbond substituents is 1. The molecular weight excluding hydrogens is 415 g/mol. The second-order valence-electron chi connectivity index (χ2n) is 7.30. The molecule has 2 fully saturated rings. The summed E-state index contributed by atoms with van der Waals surface area (Å²) in [5.41, 5.74) is 1.52. The molecule has 2 aliphatic heterocycles. The number of amides is 1. The summed E-state index contributed by atoms with van der Waals surface area (Å²) < 4.78 is 1.85. The predicted octanol–water partition coefficient (Wildman–Crippen LogP) is 1.71. The minimum Gasteiger partial charge on any atom is -0.508 e. The smallest absolute Gasteiger partial charge is 0.276 e. The minimum atomic E-state index is -0.0350. The number of hydrogen-bond donors (Lipinski definition) is 2. The zero-order valence-electron chi connectivity index (χ0n) is 16.2. The Morgan fingerprint density at radius 1 is 1.14 bits per heavy atom. The molecule has 8 nitrogen and oxygen atoms in total. The van der Waals surface area contributed by atoms with Gasteiger partial charge in [-0.25, -0.2) is 4.68 Å². The second kappa shape index (κ2) is 10.8. The number of nitrogens with one attached hydrogen (secondary N) is 1. The third-order valence-electron chi connectivity index (χ3n) is 5.39. The molecule has 0 spiro atoms. The van der Waals surface area contributed by atoms with Gasteiger partial charge < -0.3 is 15.3 Å². The van der Waals surface area contributed by atoms with E-state index in [2.05, 4.69) is 20.5 Å². The summed E-state index contributed by atoms with van der Waals surface area (Å²) in [6.07, 6.45) is 3.84. The van der Waals surface area contributed by atoms with Crippen LogP contribution in [0.25, 0.3) is 0 Å². The van der Waals surface area contributed by atoms with E-state index in [1.54, 1.807) is 18.3 Å². The van der Waals surface area contributed by atoms with E-state index in [-0.39, 0.29) is 36.5 Å². The standard InChI is InChI=1S/C19H26N6O2.2ClH/c26-17-3-1-2-15(12-17)13-23-8-10-24(11-9-23)19(27)18-14-25(22-21-18)16-4-6-20-7-5-16;;/h1-3,12,14,16,20,26H,4-11,13H2;2*1H. The monoisotopic (exact) mass is 442 g/mol. The average Bonchev–Trinajstić information content (AvgIpc) is 3.19. The van der Waals surface area contributed by atoms with Gasteiger partial charge in [0.05, 0.1) is 12.2 Å². The Morgan fingerprint density at radius 2 is 1.86 bits per heavy atom. The van der Waals surface area contributed by atoms with Gasteiger partial charge in [-0.3, -0.25) is 9.69 Å². The van der Waals surface area contributed by atoms with Crippen molar-refractivity contribution in [2.45, 2.75) is 25.4 Å².